The second-order valence-electron chi connectivity index (χ2n) is 4.55. The lowest BCUT2D eigenvalue weighted by Gasteiger charge is -2.17. The van der Waals surface area contributed by atoms with E-state index in [2.05, 4.69) is 0 Å². The second kappa shape index (κ2) is 6.16. The van der Waals surface area contributed by atoms with Gasteiger partial charge in [0, 0.05) is 6.42 Å². The minimum atomic E-state index is -1.00. The normalized spacial score (nSPS) is 10.4. The average molecular weight is 250 g/mol. The van der Waals surface area contributed by atoms with E-state index in [9.17, 15) is 9.59 Å². The van der Waals surface area contributed by atoms with Crippen LogP contribution in [-0.4, -0.2) is 17.0 Å². The Morgan fingerprint density at radius 1 is 1.28 bits per heavy atom. The van der Waals surface area contributed by atoms with Gasteiger partial charge in [0.05, 0.1) is 11.3 Å². The SMILES string of the molecule is CC(C)CCC(=O)N(N)c1ccc(C(=O)O)cc1. The Kier molecular flexibility index (Phi) is 4.85. The highest BCUT2D eigenvalue weighted by Crippen LogP contribution is 2.15. The summed E-state index contributed by atoms with van der Waals surface area (Å²) in [5, 5.41) is 9.82. The minimum Gasteiger partial charge on any atom is -0.478 e. The number of nitrogens with two attached hydrogens (primary N) is 1. The fourth-order valence-corrected chi connectivity index (χ4v) is 1.44. The zero-order valence-electron chi connectivity index (χ0n) is 10.6. The van der Waals surface area contributed by atoms with Gasteiger partial charge in [-0.15, -0.1) is 0 Å². The molecule has 0 radical (unpaired) electrons. The molecular weight excluding hydrogens is 232 g/mol. The van der Waals surface area contributed by atoms with E-state index in [1.165, 1.54) is 24.3 Å². The van der Waals surface area contributed by atoms with Crippen molar-refractivity contribution in [3.63, 3.8) is 0 Å². The summed E-state index contributed by atoms with van der Waals surface area (Å²) in [4.78, 5) is 22.4. The summed E-state index contributed by atoms with van der Waals surface area (Å²) in [5.41, 5.74) is 0.663. The molecule has 0 aliphatic rings. The molecule has 0 saturated carbocycles. The van der Waals surface area contributed by atoms with Crippen LogP contribution in [0.3, 0.4) is 0 Å². The first-order chi connectivity index (χ1) is 8.41. The predicted octanol–water partition coefficient (Wildman–Crippen LogP) is 2.03. The Labute approximate surface area is 106 Å². The number of aromatic carboxylic acids is 1. The van der Waals surface area contributed by atoms with E-state index in [4.69, 9.17) is 10.9 Å². The highest BCUT2D eigenvalue weighted by atomic mass is 16.4. The Balaban J connectivity index is 2.68. The van der Waals surface area contributed by atoms with Crippen molar-refractivity contribution in [3.05, 3.63) is 29.8 Å². The molecule has 0 saturated heterocycles. The highest BCUT2D eigenvalue weighted by Gasteiger charge is 2.12. The van der Waals surface area contributed by atoms with Gasteiger partial charge in [-0.1, -0.05) is 13.8 Å². The summed E-state index contributed by atoms with van der Waals surface area (Å²) in [6.07, 6.45) is 1.16. The standard InChI is InChI=1S/C13H18N2O3/c1-9(2)3-8-12(16)15(14)11-6-4-10(5-7-11)13(17)18/h4-7,9H,3,8,14H2,1-2H3,(H,17,18). The molecule has 0 aliphatic heterocycles. The van der Waals surface area contributed by atoms with Crippen LogP contribution in [0.15, 0.2) is 24.3 Å². The van der Waals surface area contributed by atoms with E-state index in [0.29, 0.717) is 18.0 Å². The van der Waals surface area contributed by atoms with Crippen molar-refractivity contribution in [1.29, 1.82) is 0 Å². The van der Waals surface area contributed by atoms with E-state index in [-0.39, 0.29) is 11.5 Å². The summed E-state index contributed by atoms with van der Waals surface area (Å²) >= 11 is 0. The maximum atomic E-state index is 11.8. The summed E-state index contributed by atoms with van der Waals surface area (Å²) < 4.78 is 0. The topological polar surface area (TPSA) is 83.6 Å². The van der Waals surface area contributed by atoms with Crippen molar-refractivity contribution in [3.8, 4) is 0 Å². The van der Waals surface area contributed by atoms with Crippen LogP contribution in [0, 0.1) is 5.92 Å². The van der Waals surface area contributed by atoms with Gasteiger partial charge in [-0.3, -0.25) is 4.79 Å². The third kappa shape index (κ3) is 3.85. The largest absolute Gasteiger partial charge is 0.478 e. The summed E-state index contributed by atoms with van der Waals surface area (Å²) in [6.45, 7) is 4.07. The Morgan fingerprint density at radius 3 is 2.28 bits per heavy atom. The summed E-state index contributed by atoms with van der Waals surface area (Å²) in [5.74, 6) is 4.95. The molecule has 1 rings (SSSR count). The molecule has 0 bridgehead atoms. The van der Waals surface area contributed by atoms with Crippen LogP contribution in [-0.2, 0) is 4.79 Å². The van der Waals surface area contributed by atoms with E-state index >= 15 is 0 Å². The minimum absolute atomic E-state index is 0.168. The van der Waals surface area contributed by atoms with Gasteiger partial charge in [0.1, 0.15) is 0 Å². The van der Waals surface area contributed by atoms with E-state index in [0.717, 1.165) is 11.4 Å². The summed E-state index contributed by atoms with van der Waals surface area (Å²) in [7, 11) is 0. The molecule has 0 spiro atoms. The van der Waals surface area contributed by atoms with Crippen LogP contribution in [0.25, 0.3) is 0 Å². The first kappa shape index (κ1) is 14.2. The Morgan fingerprint density at radius 2 is 1.83 bits per heavy atom. The van der Waals surface area contributed by atoms with Crippen molar-refractivity contribution in [2.24, 2.45) is 11.8 Å². The molecule has 0 atom stereocenters. The molecule has 1 amide bonds. The molecule has 5 heteroatoms. The molecule has 3 N–H and O–H groups in total. The fraction of sp³-hybridized carbons (Fsp3) is 0.385. The molecule has 0 heterocycles. The Hall–Kier alpha value is -1.88. The number of carbonyl (C=O) groups excluding carboxylic acids is 1. The molecule has 18 heavy (non-hydrogen) atoms. The number of anilines is 1. The number of hydrogen-bond donors (Lipinski definition) is 2. The van der Waals surface area contributed by atoms with Crippen LogP contribution in [0.2, 0.25) is 0 Å². The van der Waals surface area contributed by atoms with Crippen molar-refractivity contribution in [1.82, 2.24) is 0 Å². The van der Waals surface area contributed by atoms with Crippen LogP contribution in [0.5, 0.6) is 0 Å². The third-order valence-corrected chi connectivity index (χ3v) is 2.60. The van der Waals surface area contributed by atoms with Gasteiger partial charge in [-0.05, 0) is 36.6 Å². The van der Waals surface area contributed by atoms with Crippen molar-refractivity contribution < 1.29 is 14.7 Å². The molecule has 5 nitrogen and oxygen atoms in total. The van der Waals surface area contributed by atoms with Gasteiger partial charge in [0.15, 0.2) is 0 Å². The number of hydrazine groups is 1. The number of rotatable bonds is 5. The first-order valence-electron chi connectivity index (χ1n) is 5.83. The molecule has 98 valence electrons. The number of hydrogen-bond acceptors (Lipinski definition) is 3. The lowest BCUT2D eigenvalue weighted by atomic mass is 10.1. The maximum Gasteiger partial charge on any atom is 0.335 e. The third-order valence-electron chi connectivity index (χ3n) is 2.60. The molecule has 0 aromatic heterocycles. The number of nitrogens with zero attached hydrogens (tertiary/aromatic N) is 1. The quantitative estimate of drug-likeness (QED) is 0.476. The zero-order chi connectivity index (χ0) is 13.7. The fourth-order valence-electron chi connectivity index (χ4n) is 1.44. The predicted molar refractivity (Wildman–Crippen MR) is 69.1 cm³/mol. The molecule has 0 unspecified atom stereocenters. The van der Waals surface area contributed by atoms with E-state index < -0.39 is 5.97 Å². The molecule has 1 aromatic carbocycles. The van der Waals surface area contributed by atoms with Gasteiger partial charge < -0.3 is 5.11 Å². The number of benzene rings is 1. The van der Waals surface area contributed by atoms with Gasteiger partial charge in [0.25, 0.3) is 0 Å². The monoisotopic (exact) mass is 250 g/mol. The molecule has 0 fully saturated rings. The van der Waals surface area contributed by atoms with E-state index in [1.807, 2.05) is 13.8 Å². The van der Waals surface area contributed by atoms with Crippen molar-refractivity contribution in [2.75, 3.05) is 5.01 Å². The summed E-state index contributed by atoms with van der Waals surface area (Å²) in [6, 6.07) is 5.90. The Bertz CT molecular complexity index is 426. The van der Waals surface area contributed by atoms with Crippen molar-refractivity contribution >= 4 is 17.6 Å². The van der Waals surface area contributed by atoms with Crippen LogP contribution in [0.1, 0.15) is 37.0 Å². The van der Waals surface area contributed by atoms with Gasteiger partial charge in [0.2, 0.25) is 5.91 Å². The number of carboxylic acid groups (broad SMARTS) is 1. The smallest absolute Gasteiger partial charge is 0.335 e. The van der Waals surface area contributed by atoms with E-state index in [1.54, 1.807) is 0 Å². The molecular formula is C13H18N2O3. The van der Waals surface area contributed by atoms with Crippen molar-refractivity contribution in [2.45, 2.75) is 26.7 Å². The maximum absolute atomic E-state index is 11.8. The number of carboxylic acids is 1. The second-order valence-corrected chi connectivity index (χ2v) is 4.55. The zero-order valence-corrected chi connectivity index (χ0v) is 10.6. The number of carbonyl (C=O) groups is 2. The molecule has 1 aromatic rings. The highest BCUT2D eigenvalue weighted by molar-refractivity contribution is 5.93. The van der Waals surface area contributed by atoms with Crippen LogP contribution < -0.4 is 10.9 Å². The van der Waals surface area contributed by atoms with Gasteiger partial charge >= 0.3 is 5.97 Å². The lowest BCUT2D eigenvalue weighted by Crippen LogP contribution is -2.37. The van der Waals surface area contributed by atoms with Gasteiger partial charge in [-0.25, -0.2) is 15.6 Å². The van der Waals surface area contributed by atoms with Crippen LogP contribution >= 0.6 is 0 Å². The first-order valence-corrected chi connectivity index (χ1v) is 5.83. The average Bonchev–Trinajstić information content (AvgIpc) is 2.35. The lowest BCUT2D eigenvalue weighted by molar-refractivity contribution is -0.118. The molecule has 0 aliphatic carbocycles. The van der Waals surface area contributed by atoms with Crippen LogP contribution in [0.4, 0.5) is 5.69 Å². The van der Waals surface area contributed by atoms with Gasteiger partial charge in [-0.2, -0.15) is 0 Å². The number of amides is 1.